The molecule has 2 N–H and O–H groups in total. The molecule has 7 rings (SSSR count). The second-order valence-electron chi connectivity index (χ2n) is 15.2. The van der Waals surface area contributed by atoms with Gasteiger partial charge in [-0.25, -0.2) is 15.0 Å². The second kappa shape index (κ2) is 15.5. The van der Waals surface area contributed by atoms with Gasteiger partial charge >= 0.3 is 0 Å². The van der Waals surface area contributed by atoms with Gasteiger partial charge in [-0.15, -0.1) is 0 Å². The average Bonchev–Trinajstić information content (AvgIpc) is 3.76. The lowest BCUT2D eigenvalue weighted by atomic mass is 9.80. The maximum atomic E-state index is 13.1. The summed E-state index contributed by atoms with van der Waals surface area (Å²) in [5.74, 6) is 0.643. The summed E-state index contributed by atoms with van der Waals surface area (Å²) in [5.41, 5.74) is 2.89. The standard InChI is InChI=1S/C43H47N5O6Si/c1-42(2,3)55(5,6)54-37-34(26-52-43(30-18-12-8-13-19-30,31-20-14-9-15-21-31)32-22-24-33(51-4)25-23-32)53-41(36(37)49)48-28-46-35-38(44-27-45-39(35)48)47-40(50)29-16-10-7-11-17-29/h7-25,27-28,34,36-37,41,49H,26H2,1-6H3,(H,44,45,47,50)/t34-,36?,37?,41-/m1/s1. The zero-order valence-corrected chi connectivity index (χ0v) is 32.9. The third-order valence-electron chi connectivity index (χ3n) is 10.8. The van der Waals surface area contributed by atoms with Crippen LogP contribution in [-0.4, -0.2) is 70.9 Å². The SMILES string of the molecule is COc1ccc(C(OC[C@H]2O[C@@H](n3cnc4c(NC(=O)c5ccccc5)ncnc43)C(O)C2O[Si](C)(C)C(C)(C)C)(c2ccccc2)c2ccccc2)cc1. The van der Waals surface area contributed by atoms with Crippen molar-refractivity contribution in [2.24, 2.45) is 0 Å². The van der Waals surface area contributed by atoms with Crippen LogP contribution >= 0.6 is 0 Å². The fraction of sp³-hybridized carbons (Fsp3) is 0.302. The molecule has 55 heavy (non-hydrogen) atoms. The van der Waals surface area contributed by atoms with E-state index in [9.17, 15) is 9.90 Å². The van der Waals surface area contributed by atoms with E-state index in [1.165, 1.54) is 6.33 Å². The molecule has 11 nitrogen and oxygen atoms in total. The number of aliphatic hydroxyl groups excluding tert-OH is 1. The van der Waals surface area contributed by atoms with Crippen LogP contribution in [0.5, 0.6) is 5.75 Å². The number of nitrogens with zero attached hydrogens (tertiary/aromatic N) is 4. The van der Waals surface area contributed by atoms with Crippen LogP contribution in [-0.2, 0) is 19.5 Å². The topological polar surface area (TPSA) is 130 Å². The van der Waals surface area contributed by atoms with Crippen molar-refractivity contribution in [2.75, 3.05) is 19.0 Å². The highest BCUT2D eigenvalue weighted by atomic mass is 28.4. The molecule has 284 valence electrons. The first-order valence-electron chi connectivity index (χ1n) is 18.4. The van der Waals surface area contributed by atoms with E-state index in [-0.39, 0.29) is 23.4 Å². The third kappa shape index (κ3) is 7.43. The van der Waals surface area contributed by atoms with Crippen LogP contribution in [0.1, 0.15) is 54.0 Å². The molecule has 1 saturated heterocycles. The molecule has 4 aromatic carbocycles. The van der Waals surface area contributed by atoms with E-state index in [0.29, 0.717) is 16.7 Å². The first-order chi connectivity index (χ1) is 26.4. The van der Waals surface area contributed by atoms with Crippen LogP contribution in [0.25, 0.3) is 11.2 Å². The number of carbonyl (C=O) groups excluding carboxylic acids is 1. The van der Waals surface area contributed by atoms with Crippen molar-refractivity contribution in [1.29, 1.82) is 0 Å². The van der Waals surface area contributed by atoms with Crippen molar-refractivity contribution >= 4 is 31.2 Å². The van der Waals surface area contributed by atoms with Gasteiger partial charge in [0.2, 0.25) is 0 Å². The van der Waals surface area contributed by atoms with E-state index in [1.807, 2.05) is 66.7 Å². The predicted molar refractivity (Wildman–Crippen MR) is 213 cm³/mol. The number of aromatic nitrogens is 4. The van der Waals surface area contributed by atoms with Gasteiger partial charge in [-0.2, -0.15) is 0 Å². The molecule has 2 aromatic heterocycles. The average molecular weight is 758 g/mol. The highest BCUT2D eigenvalue weighted by Crippen LogP contribution is 2.45. The monoisotopic (exact) mass is 757 g/mol. The van der Waals surface area contributed by atoms with E-state index in [4.69, 9.17) is 18.6 Å². The van der Waals surface area contributed by atoms with Gasteiger partial charge in [-0.1, -0.05) is 112 Å². The van der Waals surface area contributed by atoms with E-state index >= 15 is 0 Å². The molecule has 2 unspecified atom stereocenters. The van der Waals surface area contributed by atoms with Crippen molar-refractivity contribution in [2.45, 2.75) is 69.0 Å². The zero-order chi connectivity index (χ0) is 38.8. The number of hydrogen-bond acceptors (Lipinski definition) is 9. The van der Waals surface area contributed by atoms with Gasteiger partial charge < -0.3 is 29.1 Å². The van der Waals surface area contributed by atoms with Gasteiger partial charge in [0.05, 0.1) is 20.0 Å². The molecular weight excluding hydrogens is 711 g/mol. The minimum absolute atomic E-state index is 0.0582. The van der Waals surface area contributed by atoms with Gasteiger partial charge in [-0.3, -0.25) is 9.36 Å². The maximum Gasteiger partial charge on any atom is 0.256 e. The largest absolute Gasteiger partial charge is 0.497 e. The number of anilines is 1. The fourth-order valence-electron chi connectivity index (χ4n) is 6.77. The van der Waals surface area contributed by atoms with E-state index in [2.05, 4.69) is 78.4 Å². The number of benzene rings is 4. The lowest BCUT2D eigenvalue weighted by Gasteiger charge is -2.41. The summed E-state index contributed by atoms with van der Waals surface area (Å²) in [6, 6.07) is 36.9. The zero-order valence-electron chi connectivity index (χ0n) is 31.9. The van der Waals surface area contributed by atoms with Crippen LogP contribution < -0.4 is 10.1 Å². The van der Waals surface area contributed by atoms with Crippen LogP contribution in [0.2, 0.25) is 18.1 Å². The number of rotatable bonds is 12. The van der Waals surface area contributed by atoms with Gasteiger partial charge in [0.15, 0.2) is 31.5 Å². The van der Waals surface area contributed by atoms with Crippen LogP contribution in [0.15, 0.2) is 128 Å². The Hall–Kier alpha value is -5.24. The molecule has 0 aliphatic carbocycles. The Labute approximate surface area is 322 Å². The fourth-order valence-corrected chi connectivity index (χ4v) is 8.10. The molecule has 12 heteroatoms. The minimum atomic E-state index is -2.47. The molecule has 0 bridgehead atoms. The Morgan fingerprint density at radius 2 is 1.42 bits per heavy atom. The minimum Gasteiger partial charge on any atom is -0.497 e. The highest BCUT2D eigenvalue weighted by molar-refractivity contribution is 6.74. The van der Waals surface area contributed by atoms with Crippen molar-refractivity contribution in [3.8, 4) is 5.75 Å². The van der Waals surface area contributed by atoms with Gasteiger partial charge in [0.25, 0.3) is 5.91 Å². The Morgan fingerprint density at radius 1 is 0.836 bits per heavy atom. The molecular formula is C43H47N5O6Si. The number of fused-ring (bicyclic) bond motifs is 1. The molecule has 1 aliphatic heterocycles. The quantitative estimate of drug-likeness (QED) is 0.0951. The summed E-state index contributed by atoms with van der Waals surface area (Å²) < 4.78 is 28.3. The number of aliphatic hydroxyl groups is 1. The lowest BCUT2D eigenvalue weighted by Crippen LogP contribution is -2.50. The number of nitrogens with one attached hydrogen (secondary N) is 1. The Morgan fingerprint density at radius 3 is 2.00 bits per heavy atom. The number of ether oxygens (including phenoxy) is 3. The lowest BCUT2D eigenvalue weighted by molar-refractivity contribution is -0.0930. The van der Waals surface area contributed by atoms with Crippen molar-refractivity contribution in [3.05, 3.63) is 150 Å². The molecule has 0 spiro atoms. The molecule has 0 radical (unpaired) electrons. The van der Waals surface area contributed by atoms with E-state index < -0.39 is 38.5 Å². The number of imidazole rings is 1. The predicted octanol–water partition coefficient (Wildman–Crippen LogP) is 7.74. The first kappa shape index (κ1) is 38.0. The number of methoxy groups -OCH3 is 1. The molecule has 4 atom stereocenters. The molecule has 1 aliphatic rings. The number of amides is 1. The van der Waals surface area contributed by atoms with E-state index in [0.717, 1.165) is 22.4 Å². The maximum absolute atomic E-state index is 13.1. The Bertz CT molecular complexity index is 2170. The number of carbonyl (C=O) groups is 1. The molecule has 6 aromatic rings. The summed E-state index contributed by atoms with van der Waals surface area (Å²) in [7, 11) is -0.821. The summed E-state index contributed by atoms with van der Waals surface area (Å²) >= 11 is 0. The smallest absolute Gasteiger partial charge is 0.256 e. The Kier molecular flexibility index (Phi) is 10.7. The van der Waals surface area contributed by atoms with Gasteiger partial charge in [-0.05, 0) is 59.1 Å². The van der Waals surface area contributed by atoms with Crippen molar-refractivity contribution < 1.29 is 28.5 Å². The van der Waals surface area contributed by atoms with Crippen LogP contribution in [0.3, 0.4) is 0 Å². The molecule has 1 fully saturated rings. The van der Waals surface area contributed by atoms with Crippen LogP contribution in [0.4, 0.5) is 5.82 Å². The number of hydrogen-bond donors (Lipinski definition) is 2. The van der Waals surface area contributed by atoms with Crippen molar-refractivity contribution in [1.82, 2.24) is 19.5 Å². The van der Waals surface area contributed by atoms with Crippen molar-refractivity contribution in [3.63, 3.8) is 0 Å². The highest BCUT2D eigenvalue weighted by Gasteiger charge is 2.52. The molecule has 1 amide bonds. The van der Waals surface area contributed by atoms with E-state index in [1.54, 1.807) is 42.3 Å². The normalized spacial score (nSPS) is 19.0. The van der Waals surface area contributed by atoms with Gasteiger partial charge in [0.1, 0.15) is 36.0 Å². The first-order valence-corrected chi connectivity index (χ1v) is 21.3. The summed E-state index contributed by atoms with van der Waals surface area (Å²) in [5, 5.41) is 14.9. The summed E-state index contributed by atoms with van der Waals surface area (Å²) in [4.78, 5) is 26.5. The second-order valence-corrected chi connectivity index (χ2v) is 20.0. The Balaban J connectivity index is 1.27. The summed E-state index contributed by atoms with van der Waals surface area (Å²) in [6.07, 6.45) is -0.632. The molecule has 0 saturated carbocycles. The van der Waals surface area contributed by atoms with Crippen LogP contribution in [0, 0.1) is 0 Å². The summed E-state index contributed by atoms with van der Waals surface area (Å²) in [6.45, 7) is 10.9. The van der Waals surface area contributed by atoms with Gasteiger partial charge in [0, 0.05) is 5.56 Å². The third-order valence-corrected chi connectivity index (χ3v) is 15.2. The molecule has 3 heterocycles.